The molecule has 0 amide bonds. The van der Waals surface area contributed by atoms with Crippen molar-refractivity contribution in [3.05, 3.63) is 40.3 Å². The van der Waals surface area contributed by atoms with E-state index in [4.69, 9.17) is 0 Å². The summed E-state index contributed by atoms with van der Waals surface area (Å²) in [6.07, 6.45) is 1.69. The molecule has 2 rings (SSSR count). The van der Waals surface area contributed by atoms with Gasteiger partial charge in [0.25, 0.3) is 0 Å². The number of aromatic hydroxyl groups is 1. The SMILES string of the molecule is Cc1cnc(CNS(=O)(=O)c2ccccc2O)s1. The molecule has 0 aliphatic heterocycles. The standard InChI is InChI=1S/C11H12N2O3S2/c1-8-6-12-11(17-8)7-13-18(15,16)10-5-3-2-4-9(10)14/h2-6,13-14H,7H2,1H3. The van der Waals surface area contributed by atoms with Crippen molar-refractivity contribution in [2.45, 2.75) is 18.4 Å². The molecule has 0 bridgehead atoms. The largest absolute Gasteiger partial charge is 0.507 e. The minimum absolute atomic E-state index is 0.120. The van der Waals surface area contributed by atoms with Crippen LogP contribution in [0, 0.1) is 6.92 Å². The van der Waals surface area contributed by atoms with Gasteiger partial charge in [-0.3, -0.25) is 0 Å². The van der Waals surface area contributed by atoms with E-state index in [1.165, 1.54) is 23.5 Å². The van der Waals surface area contributed by atoms with E-state index in [2.05, 4.69) is 9.71 Å². The predicted molar refractivity (Wildman–Crippen MR) is 69.0 cm³/mol. The van der Waals surface area contributed by atoms with Crippen molar-refractivity contribution >= 4 is 21.4 Å². The van der Waals surface area contributed by atoms with Crippen molar-refractivity contribution in [3.63, 3.8) is 0 Å². The predicted octanol–water partition coefficient (Wildman–Crippen LogP) is 1.64. The molecule has 0 radical (unpaired) electrons. The smallest absolute Gasteiger partial charge is 0.244 e. The number of para-hydroxylation sites is 1. The zero-order valence-electron chi connectivity index (χ0n) is 9.62. The van der Waals surface area contributed by atoms with Gasteiger partial charge < -0.3 is 5.11 Å². The van der Waals surface area contributed by atoms with E-state index in [0.29, 0.717) is 5.01 Å². The molecule has 0 saturated carbocycles. The van der Waals surface area contributed by atoms with E-state index in [-0.39, 0.29) is 17.2 Å². The van der Waals surface area contributed by atoms with Crippen molar-refractivity contribution in [2.75, 3.05) is 0 Å². The Labute approximate surface area is 109 Å². The topological polar surface area (TPSA) is 79.3 Å². The second-order valence-corrected chi connectivity index (χ2v) is 6.71. The maximum absolute atomic E-state index is 11.9. The summed E-state index contributed by atoms with van der Waals surface area (Å²) in [4.78, 5) is 4.96. The van der Waals surface area contributed by atoms with Gasteiger partial charge in [-0.2, -0.15) is 0 Å². The van der Waals surface area contributed by atoms with Gasteiger partial charge in [0.2, 0.25) is 10.0 Å². The van der Waals surface area contributed by atoms with Gasteiger partial charge in [0.15, 0.2) is 0 Å². The van der Waals surface area contributed by atoms with Gasteiger partial charge in [0, 0.05) is 11.1 Å². The number of phenols is 1. The average molecular weight is 284 g/mol. The minimum atomic E-state index is -3.71. The van der Waals surface area contributed by atoms with Crippen LogP contribution in [0.25, 0.3) is 0 Å². The fraction of sp³-hybridized carbons (Fsp3) is 0.182. The minimum Gasteiger partial charge on any atom is -0.507 e. The fourth-order valence-corrected chi connectivity index (χ4v) is 3.30. The van der Waals surface area contributed by atoms with Crippen LogP contribution in [0.3, 0.4) is 0 Å². The van der Waals surface area contributed by atoms with Crippen molar-refractivity contribution in [2.24, 2.45) is 0 Å². The third-order valence-electron chi connectivity index (χ3n) is 2.24. The van der Waals surface area contributed by atoms with Crippen molar-refractivity contribution in [3.8, 4) is 5.75 Å². The molecular formula is C11H12N2O3S2. The molecule has 1 aromatic carbocycles. The second-order valence-electron chi connectivity index (χ2n) is 3.66. The summed E-state index contributed by atoms with van der Waals surface area (Å²) in [5.41, 5.74) is 0. The molecule has 0 fully saturated rings. The molecule has 1 aromatic heterocycles. The van der Waals surface area contributed by atoms with Crippen LogP contribution in [0.15, 0.2) is 35.4 Å². The Kier molecular flexibility index (Phi) is 3.65. The zero-order chi connectivity index (χ0) is 13.2. The first-order chi connectivity index (χ1) is 8.49. The van der Waals surface area contributed by atoms with Crippen molar-refractivity contribution < 1.29 is 13.5 Å². The molecule has 7 heteroatoms. The Morgan fingerprint density at radius 3 is 2.72 bits per heavy atom. The number of nitrogens with zero attached hydrogens (tertiary/aromatic N) is 1. The van der Waals surface area contributed by atoms with Crippen molar-refractivity contribution in [1.82, 2.24) is 9.71 Å². The number of aromatic nitrogens is 1. The van der Waals surface area contributed by atoms with Crippen LogP contribution in [-0.4, -0.2) is 18.5 Å². The molecule has 5 nitrogen and oxygen atoms in total. The summed E-state index contributed by atoms with van der Waals surface area (Å²) >= 11 is 1.43. The van der Waals surface area contributed by atoms with Gasteiger partial charge >= 0.3 is 0 Å². The van der Waals surface area contributed by atoms with E-state index in [1.54, 1.807) is 18.3 Å². The summed E-state index contributed by atoms with van der Waals surface area (Å²) in [7, 11) is -3.71. The Morgan fingerprint density at radius 2 is 2.11 bits per heavy atom. The quantitative estimate of drug-likeness (QED) is 0.894. The molecular weight excluding hydrogens is 272 g/mol. The molecule has 0 saturated heterocycles. The molecule has 2 aromatic rings. The van der Waals surface area contributed by atoms with Gasteiger partial charge in [-0.05, 0) is 19.1 Å². The summed E-state index contributed by atoms with van der Waals surface area (Å²) in [6, 6.07) is 5.81. The highest BCUT2D eigenvalue weighted by Gasteiger charge is 2.17. The second kappa shape index (κ2) is 5.05. The van der Waals surface area contributed by atoms with Gasteiger partial charge in [0.05, 0.1) is 6.54 Å². The summed E-state index contributed by atoms with van der Waals surface area (Å²) in [5.74, 6) is -0.264. The first-order valence-corrected chi connectivity index (χ1v) is 7.48. The third kappa shape index (κ3) is 2.87. The number of thiazole rings is 1. The van der Waals surface area contributed by atoms with E-state index in [1.807, 2.05) is 6.92 Å². The van der Waals surface area contributed by atoms with Gasteiger partial charge in [-0.25, -0.2) is 18.1 Å². The molecule has 0 aliphatic rings. The number of hydrogen-bond acceptors (Lipinski definition) is 5. The summed E-state index contributed by atoms with van der Waals surface area (Å²) in [6.45, 7) is 2.02. The van der Waals surface area contributed by atoms with Crippen LogP contribution in [0.5, 0.6) is 5.75 Å². The number of rotatable bonds is 4. The van der Waals surface area contributed by atoms with E-state index < -0.39 is 10.0 Å². The zero-order valence-corrected chi connectivity index (χ0v) is 11.3. The van der Waals surface area contributed by atoms with Crippen LogP contribution in [-0.2, 0) is 16.6 Å². The molecule has 0 aliphatic carbocycles. The highest BCUT2D eigenvalue weighted by Crippen LogP contribution is 2.21. The first kappa shape index (κ1) is 13.0. The number of phenolic OH excluding ortho intramolecular Hbond substituents is 1. The fourth-order valence-electron chi connectivity index (χ4n) is 1.40. The number of hydrogen-bond donors (Lipinski definition) is 2. The molecule has 0 atom stereocenters. The Bertz CT molecular complexity index is 650. The Morgan fingerprint density at radius 1 is 1.39 bits per heavy atom. The summed E-state index contributed by atoms with van der Waals surface area (Å²) < 4.78 is 26.3. The number of nitrogens with one attached hydrogen (secondary N) is 1. The van der Waals surface area contributed by atoms with E-state index in [0.717, 1.165) is 4.88 Å². The summed E-state index contributed by atoms with van der Waals surface area (Å²) in [5, 5.41) is 10.2. The van der Waals surface area contributed by atoms with Crippen LogP contribution in [0.1, 0.15) is 9.88 Å². The third-order valence-corrected chi connectivity index (χ3v) is 4.60. The monoisotopic (exact) mass is 284 g/mol. The van der Waals surface area contributed by atoms with Crippen LogP contribution in [0.4, 0.5) is 0 Å². The molecule has 0 spiro atoms. The first-order valence-electron chi connectivity index (χ1n) is 5.18. The van der Waals surface area contributed by atoms with Gasteiger partial charge in [-0.1, -0.05) is 12.1 Å². The van der Waals surface area contributed by atoms with Gasteiger partial charge in [-0.15, -0.1) is 11.3 Å². The lowest BCUT2D eigenvalue weighted by Gasteiger charge is -2.06. The number of aryl methyl sites for hydroxylation is 1. The normalized spacial score (nSPS) is 11.6. The Hall–Kier alpha value is -1.44. The van der Waals surface area contributed by atoms with Gasteiger partial charge in [0.1, 0.15) is 15.7 Å². The molecule has 0 unspecified atom stereocenters. The van der Waals surface area contributed by atoms with Crippen LogP contribution >= 0.6 is 11.3 Å². The van der Waals surface area contributed by atoms with Crippen LogP contribution in [0.2, 0.25) is 0 Å². The highest BCUT2D eigenvalue weighted by atomic mass is 32.2. The van der Waals surface area contributed by atoms with Crippen molar-refractivity contribution in [1.29, 1.82) is 0 Å². The van der Waals surface area contributed by atoms with Crippen LogP contribution < -0.4 is 4.72 Å². The Balaban J connectivity index is 2.16. The average Bonchev–Trinajstić information content (AvgIpc) is 2.73. The molecule has 1 heterocycles. The lowest BCUT2D eigenvalue weighted by molar-refractivity contribution is 0.458. The highest BCUT2D eigenvalue weighted by molar-refractivity contribution is 7.89. The molecule has 96 valence electrons. The molecule has 18 heavy (non-hydrogen) atoms. The number of benzene rings is 1. The lowest BCUT2D eigenvalue weighted by atomic mass is 10.3. The maximum Gasteiger partial charge on any atom is 0.244 e. The number of sulfonamides is 1. The lowest BCUT2D eigenvalue weighted by Crippen LogP contribution is -2.23. The molecule has 2 N–H and O–H groups in total. The van der Waals surface area contributed by atoms with E-state index in [9.17, 15) is 13.5 Å². The van der Waals surface area contributed by atoms with E-state index >= 15 is 0 Å². The maximum atomic E-state index is 11.9.